The highest BCUT2D eigenvalue weighted by Gasteiger charge is 2.37. The lowest BCUT2D eigenvalue weighted by Crippen LogP contribution is -2.47. The summed E-state index contributed by atoms with van der Waals surface area (Å²) in [5.74, 6) is -2.40. The minimum Gasteiger partial charge on any atom is -0.451 e. The second kappa shape index (κ2) is 10.2. The maximum Gasteiger partial charge on any atom is 0.451 e. The molecule has 1 aliphatic rings. The predicted octanol–water partition coefficient (Wildman–Crippen LogP) is 2.94. The molecule has 3 aromatic rings. The van der Waals surface area contributed by atoms with Gasteiger partial charge in [0, 0.05) is 25.4 Å². The maximum atomic E-state index is 12.8. The van der Waals surface area contributed by atoms with Gasteiger partial charge in [0.25, 0.3) is 11.8 Å². The van der Waals surface area contributed by atoms with Crippen LogP contribution in [0.2, 0.25) is 0 Å². The van der Waals surface area contributed by atoms with Crippen LogP contribution in [-0.2, 0) is 17.5 Å². The zero-order chi connectivity index (χ0) is 25.9. The minimum atomic E-state index is -4.76. The van der Waals surface area contributed by atoms with Gasteiger partial charge in [0.15, 0.2) is 5.76 Å². The highest BCUT2D eigenvalue weighted by molar-refractivity contribution is 5.96. The number of rotatable bonds is 8. The molecular weight excluding hydrogens is 479 g/mol. The number of nitrogens with zero attached hydrogens (tertiary/aromatic N) is 2. The second-order valence-electron chi connectivity index (χ2n) is 8.21. The van der Waals surface area contributed by atoms with E-state index in [2.05, 4.69) is 25.9 Å². The van der Waals surface area contributed by atoms with Crippen LogP contribution < -0.4 is 16.0 Å². The molecule has 12 heteroatoms. The number of carbonyl (C=O) groups is 3. The smallest absolute Gasteiger partial charge is 0.451 e. The van der Waals surface area contributed by atoms with Crippen LogP contribution >= 0.6 is 0 Å². The molecule has 9 nitrogen and oxygen atoms in total. The summed E-state index contributed by atoms with van der Waals surface area (Å²) in [4.78, 5) is 43.3. The molecule has 1 aromatic carbocycles. The summed E-state index contributed by atoms with van der Waals surface area (Å²) >= 11 is 0. The van der Waals surface area contributed by atoms with Crippen LogP contribution in [0.1, 0.15) is 45.3 Å². The fourth-order valence-electron chi connectivity index (χ4n) is 3.54. The molecule has 0 saturated heterocycles. The molecule has 1 fully saturated rings. The average molecular weight is 501 g/mol. The van der Waals surface area contributed by atoms with Gasteiger partial charge in [-0.2, -0.15) is 13.2 Å². The van der Waals surface area contributed by atoms with Gasteiger partial charge in [0.2, 0.25) is 11.7 Å². The van der Waals surface area contributed by atoms with E-state index in [1.807, 2.05) is 0 Å². The fraction of sp³-hybridized carbons (Fsp3) is 0.292. The Hall–Kier alpha value is -4.22. The van der Waals surface area contributed by atoms with Crippen molar-refractivity contribution in [3.05, 3.63) is 71.5 Å². The summed E-state index contributed by atoms with van der Waals surface area (Å²) in [7, 11) is 1.51. The molecule has 1 saturated carbocycles. The average Bonchev–Trinajstić information content (AvgIpc) is 3.59. The number of aromatic nitrogens is 2. The lowest BCUT2D eigenvalue weighted by atomic mass is 10.1. The molecule has 0 spiro atoms. The summed E-state index contributed by atoms with van der Waals surface area (Å²) < 4.78 is 44.0. The number of amides is 3. The normalized spacial score (nSPS) is 14.1. The first-order valence-corrected chi connectivity index (χ1v) is 11.1. The number of nitrogens with one attached hydrogen (secondary N) is 3. The fourth-order valence-corrected chi connectivity index (χ4v) is 3.54. The number of likely N-dealkylation sites (N-methyl/N-ethyl adjacent to an activating group) is 1. The Bertz CT molecular complexity index is 1290. The molecule has 1 atom stereocenters. The molecule has 0 radical (unpaired) electrons. The van der Waals surface area contributed by atoms with Crippen molar-refractivity contribution in [2.45, 2.75) is 31.6 Å². The second-order valence-corrected chi connectivity index (χ2v) is 8.21. The number of hydrogen-bond acceptors (Lipinski definition) is 6. The Morgan fingerprint density at radius 3 is 2.58 bits per heavy atom. The third kappa shape index (κ3) is 5.88. The molecule has 3 amide bonds. The largest absolute Gasteiger partial charge is 0.451 e. The van der Waals surface area contributed by atoms with Gasteiger partial charge in [-0.05, 0) is 48.6 Å². The molecule has 188 valence electrons. The van der Waals surface area contributed by atoms with E-state index in [-0.39, 0.29) is 24.1 Å². The van der Waals surface area contributed by atoms with E-state index >= 15 is 0 Å². The molecular formula is C24H22F3N5O4. The first kappa shape index (κ1) is 24.9. The lowest BCUT2D eigenvalue weighted by Gasteiger charge is -2.15. The van der Waals surface area contributed by atoms with Gasteiger partial charge in [-0.15, -0.1) is 0 Å². The third-order valence-electron chi connectivity index (χ3n) is 5.54. The molecule has 1 aliphatic carbocycles. The van der Waals surface area contributed by atoms with Gasteiger partial charge in [-0.25, -0.2) is 9.97 Å². The van der Waals surface area contributed by atoms with E-state index in [1.165, 1.54) is 13.1 Å². The minimum absolute atomic E-state index is 0.0152. The van der Waals surface area contributed by atoms with E-state index in [0.717, 1.165) is 25.1 Å². The van der Waals surface area contributed by atoms with Crippen molar-refractivity contribution in [3.63, 3.8) is 0 Å². The van der Waals surface area contributed by atoms with Crippen molar-refractivity contribution >= 4 is 17.7 Å². The van der Waals surface area contributed by atoms with E-state index in [4.69, 9.17) is 4.42 Å². The number of halogens is 3. The zero-order valence-electron chi connectivity index (χ0n) is 19.1. The van der Waals surface area contributed by atoms with Crippen molar-refractivity contribution < 1.29 is 32.0 Å². The SMILES string of the molecule is CNC(=O)[C@@H](NC(=O)c1ccc(-c2cccc(CNC(=O)c3ccnc(C(F)(F)F)n3)c2)o1)C1CC1. The van der Waals surface area contributed by atoms with Crippen LogP contribution in [0.15, 0.2) is 53.1 Å². The van der Waals surface area contributed by atoms with Gasteiger partial charge in [0.1, 0.15) is 17.5 Å². The number of furan rings is 1. The topological polar surface area (TPSA) is 126 Å². The van der Waals surface area contributed by atoms with Gasteiger partial charge in [-0.1, -0.05) is 18.2 Å². The summed E-state index contributed by atoms with van der Waals surface area (Å²) in [5.41, 5.74) is 0.852. The van der Waals surface area contributed by atoms with Gasteiger partial charge < -0.3 is 20.4 Å². The number of benzene rings is 1. The third-order valence-corrected chi connectivity index (χ3v) is 5.54. The quantitative estimate of drug-likeness (QED) is 0.436. The highest BCUT2D eigenvalue weighted by atomic mass is 19.4. The summed E-state index contributed by atoms with van der Waals surface area (Å²) in [6.45, 7) is 0.0152. The van der Waals surface area contributed by atoms with E-state index < -0.39 is 35.6 Å². The van der Waals surface area contributed by atoms with Crippen LogP contribution in [0.4, 0.5) is 13.2 Å². The molecule has 36 heavy (non-hydrogen) atoms. The molecule has 4 rings (SSSR count). The molecule has 0 bridgehead atoms. The van der Waals surface area contributed by atoms with Gasteiger partial charge in [-0.3, -0.25) is 14.4 Å². The van der Waals surface area contributed by atoms with E-state index in [0.29, 0.717) is 16.9 Å². The lowest BCUT2D eigenvalue weighted by molar-refractivity contribution is -0.145. The van der Waals surface area contributed by atoms with Crippen molar-refractivity contribution in [2.24, 2.45) is 5.92 Å². The van der Waals surface area contributed by atoms with Crippen LogP contribution in [0.25, 0.3) is 11.3 Å². The molecule has 2 aromatic heterocycles. The molecule has 3 N–H and O–H groups in total. The summed E-state index contributed by atoms with van der Waals surface area (Å²) in [6, 6.07) is 10.5. The van der Waals surface area contributed by atoms with Gasteiger partial charge in [0.05, 0.1) is 0 Å². The highest BCUT2D eigenvalue weighted by Crippen LogP contribution is 2.33. The zero-order valence-corrected chi connectivity index (χ0v) is 19.1. The van der Waals surface area contributed by atoms with Crippen LogP contribution in [0, 0.1) is 5.92 Å². The Labute approximate surface area is 203 Å². The summed E-state index contributed by atoms with van der Waals surface area (Å²) in [5, 5.41) is 7.78. The van der Waals surface area contributed by atoms with E-state index in [9.17, 15) is 27.6 Å². The number of hydrogen-bond donors (Lipinski definition) is 3. The number of alkyl halides is 3. The van der Waals surface area contributed by atoms with Crippen molar-refractivity contribution in [2.75, 3.05) is 7.05 Å². The number of carbonyl (C=O) groups excluding carboxylic acids is 3. The van der Waals surface area contributed by atoms with Crippen LogP contribution in [-0.4, -0.2) is 40.8 Å². The Morgan fingerprint density at radius 2 is 1.89 bits per heavy atom. The molecule has 2 heterocycles. The van der Waals surface area contributed by atoms with Crippen molar-refractivity contribution in [1.29, 1.82) is 0 Å². The monoisotopic (exact) mass is 501 g/mol. The van der Waals surface area contributed by atoms with Crippen LogP contribution in [0.3, 0.4) is 0 Å². The van der Waals surface area contributed by atoms with Gasteiger partial charge >= 0.3 is 6.18 Å². The maximum absolute atomic E-state index is 12.8. The molecule has 0 unspecified atom stereocenters. The van der Waals surface area contributed by atoms with Crippen LogP contribution in [0.5, 0.6) is 0 Å². The first-order valence-electron chi connectivity index (χ1n) is 11.1. The van der Waals surface area contributed by atoms with Crippen molar-refractivity contribution in [1.82, 2.24) is 25.9 Å². The standard InChI is InChI=1S/C24H22F3N5O4/c1-28-22(35)19(14-5-6-14)32-21(34)18-8-7-17(36-18)15-4-2-3-13(11-15)12-30-20(33)16-9-10-29-23(31-16)24(25,26)27/h2-4,7-11,14,19H,5-6,12H2,1H3,(H,28,35)(H,30,33)(H,32,34)/t19-/m0/s1. The van der Waals surface area contributed by atoms with E-state index in [1.54, 1.807) is 30.3 Å². The Morgan fingerprint density at radius 1 is 1.11 bits per heavy atom. The molecule has 0 aliphatic heterocycles. The first-order chi connectivity index (χ1) is 17.2. The van der Waals surface area contributed by atoms with Crippen molar-refractivity contribution in [3.8, 4) is 11.3 Å². The Kier molecular flexibility index (Phi) is 7.04. The Balaban J connectivity index is 1.40. The predicted molar refractivity (Wildman–Crippen MR) is 120 cm³/mol. The summed E-state index contributed by atoms with van der Waals surface area (Å²) in [6.07, 6.45) is -2.15.